The van der Waals surface area contributed by atoms with Crippen molar-refractivity contribution in [1.82, 2.24) is 5.32 Å². The molecule has 1 aliphatic carbocycles. The maximum Gasteiger partial charge on any atom is 0.0958 e. The molecule has 1 aliphatic heterocycles. The van der Waals surface area contributed by atoms with E-state index >= 15 is 0 Å². The van der Waals surface area contributed by atoms with E-state index in [-0.39, 0.29) is 30.9 Å². The lowest BCUT2D eigenvalue weighted by Gasteiger charge is -2.35. The van der Waals surface area contributed by atoms with Crippen molar-refractivity contribution < 1.29 is 9.47 Å². The van der Waals surface area contributed by atoms with Crippen molar-refractivity contribution in [3.8, 4) is 0 Å². The smallest absolute Gasteiger partial charge is 0.0958 e. The molecule has 0 amide bonds. The van der Waals surface area contributed by atoms with Crippen molar-refractivity contribution in [2.24, 2.45) is 0 Å². The van der Waals surface area contributed by atoms with Gasteiger partial charge in [-0.3, -0.25) is 0 Å². The van der Waals surface area contributed by atoms with E-state index < -0.39 is 0 Å². The first kappa shape index (κ1) is 17.5. The molecule has 104 valence electrons. The molecular formula is C12H25Cl2NO2. The summed E-state index contributed by atoms with van der Waals surface area (Å²) in [5.41, 5.74) is 0. The van der Waals surface area contributed by atoms with E-state index in [1.165, 1.54) is 32.1 Å². The SMILES string of the molecule is COC1COCCC1NC1CCCCC1.Cl.Cl. The number of halogens is 2. The van der Waals surface area contributed by atoms with Gasteiger partial charge in [-0.05, 0) is 19.3 Å². The summed E-state index contributed by atoms with van der Waals surface area (Å²) < 4.78 is 10.9. The van der Waals surface area contributed by atoms with Crippen LogP contribution in [-0.2, 0) is 9.47 Å². The minimum absolute atomic E-state index is 0. The molecule has 2 rings (SSSR count). The Kier molecular flexibility index (Phi) is 9.65. The number of ether oxygens (including phenoxy) is 2. The van der Waals surface area contributed by atoms with Crippen LogP contribution in [0, 0.1) is 0 Å². The van der Waals surface area contributed by atoms with Crippen molar-refractivity contribution >= 4 is 24.8 Å². The standard InChI is InChI=1S/C12H23NO2.2ClH/c1-14-12-9-15-8-7-11(12)13-10-5-3-2-4-6-10;;/h10-13H,2-9H2,1H3;2*1H. The molecule has 0 aromatic rings. The molecule has 0 radical (unpaired) electrons. The molecule has 0 spiro atoms. The molecule has 2 unspecified atom stereocenters. The van der Waals surface area contributed by atoms with Gasteiger partial charge in [-0.15, -0.1) is 24.8 Å². The van der Waals surface area contributed by atoms with Gasteiger partial charge in [-0.1, -0.05) is 19.3 Å². The molecule has 3 nitrogen and oxygen atoms in total. The summed E-state index contributed by atoms with van der Waals surface area (Å²) in [6.07, 6.45) is 8.22. The van der Waals surface area contributed by atoms with Crippen LogP contribution >= 0.6 is 24.8 Å². The van der Waals surface area contributed by atoms with Crippen molar-refractivity contribution in [2.45, 2.75) is 56.7 Å². The highest BCUT2D eigenvalue weighted by atomic mass is 35.5. The van der Waals surface area contributed by atoms with Gasteiger partial charge < -0.3 is 14.8 Å². The van der Waals surface area contributed by atoms with Gasteiger partial charge in [-0.25, -0.2) is 0 Å². The van der Waals surface area contributed by atoms with E-state index in [1.807, 2.05) is 0 Å². The summed E-state index contributed by atoms with van der Waals surface area (Å²) in [6.45, 7) is 1.63. The highest BCUT2D eigenvalue weighted by Crippen LogP contribution is 2.20. The Morgan fingerprint density at radius 1 is 1.06 bits per heavy atom. The van der Waals surface area contributed by atoms with Gasteiger partial charge >= 0.3 is 0 Å². The molecule has 1 saturated heterocycles. The van der Waals surface area contributed by atoms with Crippen LogP contribution in [0.15, 0.2) is 0 Å². The second-order valence-electron chi connectivity index (χ2n) is 4.75. The van der Waals surface area contributed by atoms with Crippen molar-refractivity contribution in [3.05, 3.63) is 0 Å². The van der Waals surface area contributed by atoms with Crippen LogP contribution < -0.4 is 5.32 Å². The Labute approximate surface area is 117 Å². The first-order valence-corrected chi connectivity index (χ1v) is 6.26. The third-order valence-corrected chi connectivity index (χ3v) is 3.66. The molecule has 5 heteroatoms. The minimum Gasteiger partial charge on any atom is -0.379 e. The highest BCUT2D eigenvalue weighted by Gasteiger charge is 2.27. The Hall–Kier alpha value is 0.460. The maximum atomic E-state index is 5.46. The molecule has 1 saturated carbocycles. The van der Waals surface area contributed by atoms with Gasteiger partial charge in [0, 0.05) is 25.8 Å². The van der Waals surface area contributed by atoms with Gasteiger partial charge in [0.05, 0.1) is 12.7 Å². The average molecular weight is 286 g/mol. The van der Waals surface area contributed by atoms with E-state index in [4.69, 9.17) is 9.47 Å². The lowest BCUT2D eigenvalue weighted by Crippen LogP contribution is -2.51. The zero-order valence-electron chi connectivity index (χ0n) is 10.5. The average Bonchev–Trinajstić information content (AvgIpc) is 2.31. The summed E-state index contributed by atoms with van der Waals surface area (Å²) in [5.74, 6) is 0. The van der Waals surface area contributed by atoms with Crippen LogP contribution in [-0.4, -0.2) is 38.5 Å². The van der Waals surface area contributed by atoms with E-state index in [0.717, 1.165) is 25.7 Å². The molecule has 0 aromatic heterocycles. The molecule has 17 heavy (non-hydrogen) atoms. The minimum atomic E-state index is 0. The molecule has 2 atom stereocenters. The van der Waals surface area contributed by atoms with Crippen LogP contribution in [0.4, 0.5) is 0 Å². The fourth-order valence-electron chi connectivity index (χ4n) is 2.71. The number of hydrogen-bond donors (Lipinski definition) is 1. The monoisotopic (exact) mass is 285 g/mol. The summed E-state index contributed by atoms with van der Waals surface area (Å²) in [5, 5.41) is 3.75. The summed E-state index contributed by atoms with van der Waals surface area (Å²) in [4.78, 5) is 0. The fourth-order valence-corrected chi connectivity index (χ4v) is 2.71. The first-order chi connectivity index (χ1) is 7.40. The second kappa shape index (κ2) is 9.40. The third kappa shape index (κ3) is 5.31. The number of methoxy groups -OCH3 is 1. The maximum absolute atomic E-state index is 5.46. The van der Waals surface area contributed by atoms with E-state index in [2.05, 4.69) is 5.32 Å². The van der Waals surface area contributed by atoms with Gasteiger partial charge in [0.25, 0.3) is 0 Å². The molecule has 1 heterocycles. The van der Waals surface area contributed by atoms with Crippen LogP contribution in [0.5, 0.6) is 0 Å². The number of nitrogens with one attached hydrogen (secondary N) is 1. The second-order valence-corrected chi connectivity index (χ2v) is 4.75. The van der Waals surface area contributed by atoms with Crippen LogP contribution in [0.3, 0.4) is 0 Å². The van der Waals surface area contributed by atoms with Crippen molar-refractivity contribution in [3.63, 3.8) is 0 Å². The highest BCUT2D eigenvalue weighted by molar-refractivity contribution is 5.85. The summed E-state index contributed by atoms with van der Waals surface area (Å²) >= 11 is 0. The summed E-state index contributed by atoms with van der Waals surface area (Å²) in [7, 11) is 1.79. The van der Waals surface area contributed by atoms with Gasteiger partial charge in [0.2, 0.25) is 0 Å². The van der Waals surface area contributed by atoms with Gasteiger partial charge in [0.1, 0.15) is 0 Å². The molecule has 2 aliphatic rings. The molecular weight excluding hydrogens is 261 g/mol. The third-order valence-electron chi connectivity index (χ3n) is 3.66. The molecule has 1 N–H and O–H groups in total. The molecule has 2 fully saturated rings. The zero-order valence-corrected chi connectivity index (χ0v) is 12.2. The van der Waals surface area contributed by atoms with E-state index in [1.54, 1.807) is 7.11 Å². The lowest BCUT2D eigenvalue weighted by molar-refractivity contribution is -0.0529. The zero-order chi connectivity index (χ0) is 10.5. The Morgan fingerprint density at radius 2 is 1.76 bits per heavy atom. The largest absolute Gasteiger partial charge is 0.379 e. The van der Waals surface area contributed by atoms with E-state index in [0.29, 0.717) is 6.04 Å². The topological polar surface area (TPSA) is 30.5 Å². The van der Waals surface area contributed by atoms with Gasteiger partial charge in [0.15, 0.2) is 0 Å². The first-order valence-electron chi connectivity index (χ1n) is 6.26. The van der Waals surface area contributed by atoms with Crippen LogP contribution in [0.1, 0.15) is 38.5 Å². The fraction of sp³-hybridized carbons (Fsp3) is 1.00. The number of rotatable bonds is 3. The Bertz CT molecular complexity index is 189. The summed E-state index contributed by atoms with van der Waals surface area (Å²) in [6, 6.07) is 1.23. The Morgan fingerprint density at radius 3 is 2.41 bits per heavy atom. The predicted octanol–water partition coefficient (Wildman–Crippen LogP) is 2.56. The van der Waals surface area contributed by atoms with Crippen molar-refractivity contribution in [1.29, 1.82) is 0 Å². The quantitative estimate of drug-likeness (QED) is 0.865. The van der Waals surface area contributed by atoms with E-state index in [9.17, 15) is 0 Å². The normalized spacial score (nSPS) is 30.2. The predicted molar refractivity (Wildman–Crippen MR) is 74.5 cm³/mol. The molecule has 0 aromatic carbocycles. The van der Waals surface area contributed by atoms with Crippen molar-refractivity contribution in [2.75, 3.05) is 20.3 Å². The van der Waals surface area contributed by atoms with Crippen LogP contribution in [0.2, 0.25) is 0 Å². The number of hydrogen-bond acceptors (Lipinski definition) is 3. The van der Waals surface area contributed by atoms with Gasteiger partial charge in [-0.2, -0.15) is 0 Å². The van der Waals surface area contributed by atoms with Crippen LogP contribution in [0.25, 0.3) is 0 Å². The lowest BCUT2D eigenvalue weighted by atomic mass is 9.93. The Balaban J connectivity index is 0.00000128. The molecule has 0 bridgehead atoms.